The molecule has 0 aliphatic heterocycles. The number of nitrogens with one attached hydrogen (secondary N) is 1. The molecule has 0 heterocycles. The average Bonchev–Trinajstić information content (AvgIpc) is 3.23. The highest BCUT2D eigenvalue weighted by atomic mass is 16.5. The number of amides is 1. The van der Waals surface area contributed by atoms with E-state index >= 15 is 0 Å². The van der Waals surface area contributed by atoms with Gasteiger partial charge in [-0.05, 0) is 52.3 Å². The number of alkyl carbamates (subject to hydrolysis) is 1. The van der Waals surface area contributed by atoms with E-state index in [1.54, 1.807) is 0 Å². The van der Waals surface area contributed by atoms with Crippen LogP contribution in [0.4, 0.5) is 4.79 Å². The Kier molecular flexibility index (Phi) is 4.27. The maximum absolute atomic E-state index is 12.8. The van der Waals surface area contributed by atoms with Crippen molar-refractivity contribution >= 4 is 12.1 Å². The summed E-state index contributed by atoms with van der Waals surface area (Å²) in [6, 6.07) is 16.3. The maximum atomic E-state index is 12.8. The fourth-order valence-corrected chi connectivity index (χ4v) is 6.64. The van der Waals surface area contributed by atoms with E-state index in [1.165, 1.54) is 22.3 Å². The lowest BCUT2D eigenvalue weighted by Crippen LogP contribution is -2.47. The van der Waals surface area contributed by atoms with Crippen molar-refractivity contribution in [3.05, 3.63) is 59.7 Å². The Morgan fingerprint density at radius 1 is 1.00 bits per heavy atom. The smallest absolute Gasteiger partial charge is 0.407 e. The van der Waals surface area contributed by atoms with Crippen molar-refractivity contribution in [2.45, 2.75) is 52.0 Å². The minimum Gasteiger partial charge on any atom is -0.481 e. The van der Waals surface area contributed by atoms with Crippen LogP contribution in [0.2, 0.25) is 0 Å². The highest BCUT2D eigenvalue weighted by Crippen LogP contribution is 2.72. The molecule has 162 valence electrons. The van der Waals surface area contributed by atoms with Crippen molar-refractivity contribution in [2.75, 3.05) is 6.61 Å². The molecular formula is C26H29NO4. The van der Waals surface area contributed by atoms with Crippen LogP contribution >= 0.6 is 0 Å². The molecule has 0 radical (unpaired) electrons. The highest BCUT2D eigenvalue weighted by Gasteiger charge is 2.73. The van der Waals surface area contributed by atoms with Crippen LogP contribution in [0, 0.1) is 16.2 Å². The SMILES string of the molecule is CC1(C)[C@]2(C(=O)O)CC[C@]1(C)[C@@H](NC(=O)OCC1c3ccccc3-c3ccccc31)C2. The molecule has 2 N–H and O–H groups in total. The zero-order valence-electron chi connectivity index (χ0n) is 18.3. The molecule has 3 aliphatic carbocycles. The highest BCUT2D eigenvalue weighted by molar-refractivity contribution is 5.80. The summed E-state index contributed by atoms with van der Waals surface area (Å²) in [5.74, 6) is -0.742. The van der Waals surface area contributed by atoms with Gasteiger partial charge in [0.25, 0.3) is 0 Å². The lowest BCUT2D eigenvalue weighted by Gasteiger charge is -2.40. The minimum atomic E-state index is -0.789. The Balaban J connectivity index is 1.31. The topological polar surface area (TPSA) is 75.6 Å². The van der Waals surface area contributed by atoms with Crippen LogP contribution in [0.5, 0.6) is 0 Å². The molecule has 3 aliphatic rings. The van der Waals surface area contributed by atoms with Gasteiger partial charge in [-0.2, -0.15) is 0 Å². The van der Waals surface area contributed by atoms with Gasteiger partial charge in [0.1, 0.15) is 6.61 Å². The monoisotopic (exact) mass is 419 g/mol. The molecule has 5 nitrogen and oxygen atoms in total. The Bertz CT molecular complexity index is 1030. The molecule has 2 aromatic carbocycles. The summed E-state index contributed by atoms with van der Waals surface area (Å²) in [6.07, 6.45) is 1.45. The van der Waals surface area contributed by atoms with Crippen molar-refractivity contribution in [1.82, 2.24) is 5.32 Å². The number of fused-ring (bicyclic) bond motifs is 5. The van der Waals surface area contributed by atoms with Crippen molar-refractivity contribution in [2.24, 2.45) is 16.2 Å². The third-order valence-corrected chi connectivity index (χ3v) is 9.06. The van der Waals surface area contributed by atoms with Gasteiger partial charge in [-0.3, -0.25) is 4.79 Å². The quantitative estimate of drug-likeness (QED) is 0.715. The predicted octanol–water partition coefficient (Wildman–Crippen LogP) is 5.19. The molecule has 0 spiro atoms. The third-order valence-electron chi connectivity index (χ3n) is 9.06. The van der Waals surface area contributed by atoms with Crippen LogP contribution in [0.15, 0.2) is 48.5 Å². The lowest BCUT2D eigenvalue weighted by molar-refractivity contribution is -0.154. The number of carbonyl (C=O) groups is 2. The van der Waals surface area contributed by atoms with Gasteiger partial charge in [-0.1, -0.05) is 69.3 Å². The van der Waals surface area contributed by atoms with Gasteiger partial charge in [0, 0.05) is 12.0 Å². The predicted molar refractivity (Wildman–Crippen MR) is 118 cm³/mol. The second kappa shape index (κ2) is 6.59. The number of ether oxygens (including phenoxy) is 1. The van der Waals surface area contributed by atoms with E-state index < -0.39 is 22.9 Å². The van der Waals surface area contributed by atoms with E-state index in [2.05, 4.69) is 36.5 Å². The van der Waals surface area contributed by atoms with Gasteiger partial charge in [0.2, 0.25) is 0 Å². The van der Waals surface area contributed by atoms with Crippen LogP contribution in [0.3, 0.4) is 0 Å². The number of rotatable bonds is 4. The van der Waals surface area contributed by atoms with Gasteiger partial charge < -0.3 is 15.2 Å². The average molecular weight is 420 g/mol. The molecule has 2 bridgehead atoms. The van der Waals surface area contributed by atoms with E-state index in [0.717, 1.165) is 6.42 Å². The molecule has 0 unspecified atom stereocenters. The van der Waals surface area contributed by atoms with E-state index in [4.69, 9.17) is 4.74 Å². The summed E-state index contributed by atoms with van der Waals surface area (Å²) in [6.45, 7) is 6.44. The van der Waals surface area contributed by atoms with E-state index in [0.29, 0.717) is 12.8 Å². The van der Waals surface area contributed by atoms with Crippen molar-refractivity contribution in [3.63, 3.8) is 0 Å². The fourth-order valence-electron chi connectivity index (χ4n) is 6.64. The Morgan fingerprint density at radius 2 is 1.58 bits per heavy atom. The lowest BCUT2D eigenvalue weighted by atomic mass is 9.65. The molecule has 5 heteroatoms. The number of carbonyl (C=O) groups excluding carboxylic acids is 1. The van der Waals surface area contributed by atoms with E-state index in [-0.39, 0.29) is 24.0 Å². The molecule has 31 heavy (non-hydrogen) atoms. The molecule has 2 saturated carbocycles. The van der Waals surface area contributed by atoms with Gasteiger partial charge >= 0.3 is 12.1 Å². The number of carboxylic acid groups (broad SMARTS) is 1. The van der Waals surface area contributed by atoms with Crippen molar-refractivity contribution in [3.8, 4) is 11.1 Å². The third kappa shape index (κ3) is 2.55. The van der Waals surface area contributed by atoms with Crippen molar-refractivity contribution in [1.29, 1.82) is 0 Å². The second-order valence-electron chi connectivity index (χ2n) is 10.2. The summed E-state index contributed by atoms with van der Waals surface area (Å²) >= 11 is 0. The normalized spacial score (nSPS) is 30.0. The molecule has 0 aromatic heterocycles. The van der Waals surface area contributed by atoms with Crippen LogP contribution < -0.4 is 5.32 Å². The number of hydrogen-bond donors (Lipinski definition) is 2. The van der Waals surface area contributed by atoms with Gasteiger partial charge in [-0.25, -0.2) is 4.79 Å². The first kappa shape index (κ1) is 20.1. The van der Waals surface area contributed by atoms with Crippen LogP contribution in [0.25, 0.3) is 11.1 Å². The standard InChI is InChI=1S/C26H29NO4/c1-24(2)25(3)12-13-26(24,22(28)29)14-21(25)27-23(30)31-15-20-18-10-6-4-8-16(18)17-9-5-7-11-19(17)20/h4-11,20-21H,12-15H2,1-3H3,(H,27,30)(H,28,29)/t21-,25+,26+/m0/s1. The largest absolute Gasteiger partial charge is 0.481 e. The van der Waals surface area contributed by atoms with Crippen LogP contribution in [-0.4, -0.2) is 29.8 Å². The number of carboxylic acids is 1. The summed E-state index contributed by atoms with van der Waals surface area (Å²) in [5, 5.41) is 13.0. The van der Waals surface area contributed by atoms with Gasteiger partial charge in [-0.15, -0.1) is 0 Å². The molecule has 2 fully saturated rings. The fraction of sp³-hybridized carbons (Fsp3) is 0.462. The van der Waals surface area contributed by atoms with Gasteiger partial charge in [0.15, 0.2) is 0 Å². The Labute approximate surface area is 182 Å². The minimum absolute atomic E-state index is 0.00979. The molecular weight excluding hydrogens is 390 g/mol. The van der Waals surface area contributed by atoms with Gasteiger partial charge in [0.05, 0.1) is 5.41 Å². The second-order valence-corrected chi connectivity index (χ2v) is 10.2. The zero-order chi connectivity index (χ0) is 22.0. The Hall–Kier alpha value is -2.82. The van der Waals surface area contributed by atoms with Crippen LogP contribution in [-0.2, 0) is 9.53 Å². The first-order valence-electron chi connectivity index (χ1n) is 11.1. The number of aliphatic carboxylic acids is 1. The maximum Gasteiger partial charge on any atom is 0.407 e. The molecule has 0 saturated heterocycles. The summed E-state index contributed by atoms with van der Waals surface area (Å²) in [7, 11) is 0. The molecule has 3 atom stereocenters. The number of hydrogen-bond acceptors (Lipinski definition) is 3. The summed E-state index contributed by atoms with van der Waals surface area (Å²) in [4.78, 5) is 25.0. The number of benzene rings is 2. The molecule has 5 rings (SSSR count). The summed E-state index contributed by atoms with van der Waals surface area (Å²) < 4.78 is 5.72. The molecule has 1 amide bonds. The van der Waals surface area contributed by atoms with Crippen molar-refractivity contribution < 1.29 is 19.4 Å². The first-order valence-corrected chi connectivity index (χ1v) is 11.1. The van der Waals surface area contributed by atoms with E-state index in [1.807, 2.05) is 38.1 Å². The molecule has 2 aromatic rings. The summed E-state index contributed by atoms with van der Waals surface area (Å²) in [5.41, 5.74) is 3.28. The van der Waals surface area contributed by atoms with Crippen LogP contribution in [0.1, 0.15) is 57.1 Å². The first-order chi connectivity index (χ1) is 14.7. The zero-order valence-corrected chi connectivity index (χ0v) is 18.3. The Morgan fingerprint density at radius 3 is 2.13 bits per heavy atom. The van der Waals surface area contributed by atoms with E-state index in [9.17, 15) is 14.7 Å².